The van der Waals surface area contributed by atoms with Gasteiger partial charge in [0.1, 0.15) is 6.10 Å². The number of carbonyl (C=O) groups is 2. The second-order valence-electron chi connectivity index (χ2n) is 11.5. The Bertz CT molecular complexity index is 849. The minimum Gasteiger partial charge on any atom is -0.462 e. The topological polar surface area (TPSA) is 108 Å². The van der Waals surface area contributed by atoms with Crippen LogP contribution in [0.5, 0.6) is 0 Å². The first-order valence-electron chi connectivity index (χ1n) is 14.1. The van der Waals surface area contributed by atoms with Crippen molar-refractivity contribution in [3.63, 3.8) is 0 Å². The average molecular weight is 534 g/mol. The number of nitrogens with zero attached hydrogens (tertiary/aromatic N) is 1. The summed E-state index contributed by atoms with van der Waals surface area (Å²) in [5.74, 6) is 0.678. The molecule has 1 aliphatic carbocycles. The molecule has 0 bridgehead atoms. The van der Waals surface area contributed by atoms with E-state index in [1.165, 1.54) is 11.8 Å². The summed E-state index contributed by atoms with van der Waals surface area (Å²) in [6.07, 6.45) is 8.57. The normalized spacial score (nSPS) is 39.4. The van der Waals surface area contributed by atoms with E-state index in [0.717, 1.165) is 44.3 Å². The van der Waals surface area contributed by atoms with Crippen molar-refractivity contribution in [3.05, 3.63) is 23.8 Å². The van der Waals surface area contributed by atoms with Gasteiger partial charge in [-0.1, -0.05) is 65.0 Å². The summed E-state index contributed by atoms with van der Waals surface area (Å²) in [7, 11) is 0. The lowest BCUT2D eigenvalue weighted by molar-refractivity contribution is -0.156. The van der Waals surface area contributed by atoms with Crippen LogP contribution in [0.15, 0.2) is 23.8 Å². The van der Waals surface area contributed by atoms with Gasteiger partial charge in [0.15, 0.2) is 5.12 Å². The first-order chi connectivity index (χ1) is 17.6. The molecule has 0 aromatic heterocycles. The van der Waals surface area contributed by atoms with Crippen LogP contribution in [0.3, 0.4) is 0 Å². The molecule has 0 aromatic carbocycles. The van der Waals surface area contributed by atoms with Crippen molar-refractivity contribution in [2.24, 2.45) is 35.5 Å². The number of hydrogen-bond donors (Lipinski definition) is 2. The van der Waals surface area contributed by atoms with Gasteiger partial charge in [0.2, 0.25) is 0 Å². The summed E-state index contributed by atoms with van der Waals surface area (Å²) in [6, 6.07) is 2.15. The van der Waals surface area contributed by atoms with Crippen LogP contribution in [0.2, 0.25) is 0 Å². The summed E-state index contributed by atoms with van der Waals surface area (Å²) >= 11 is 1.33. The maximum absolute atomic E-state index is 12.9. The molecule has 1 fully saturated rings. The molecule has 2 N–H and O–H groups in total. The van der Waals surface area contributed by atoms with Gasteiger partial charge in [-0.15, -0.1) is 0 Å². The number of aliphatic hydroxyl groups is 2. The number of thioether (sulfide) groups is 1. The summed E-state index contributed by atoms with van der Waals surface area (Å²) in [5, 5.41) is 31.4. The predicted octanol–water partition coefficient (Wildman–Crippen LogP) is 5.83. The van der Waals surface area contributed by atoms with Crippen LogP contribution in [0.1, 0.15) is 86.0 Å². The lowest BCUT2D eigenvalue weighted by atomic mass is 9.82. The summed E-state index contributed by atoms with van der Waals surface area (Å²) in [4.78, 5) is 25.7. The third-order valence-corrected chi connectivity index (χ3v) is 8.95. The summed E-state index contributed by atoms with van der Waals surface area (Å²) in [6.45, 7) is 10.2. The number of cyclic esters (lactones) is 1. The molecule has 0 aromatic rings. The molecule has 2 rings (SSSR count). The van der Waals surface area contributed by atoms with Crippen LogP contribution in [0.4, 0.5) is 0 Å². The highest BCUT2D eigenvalue weighted by molar-refractivity contribution is 8.13. The lowest BCUT2D eigenvalue weighted by Gasteiger charge is -2.29. The molecular formula is C30H47NO5S. The third kappa shape index (κ3) is 9.89. The Kier molecular flexibility index (Phi) is 13.4. The van der Waals surface area contributed by atoms with Crippen LogP contribution < -0.4 is 0 Å². The van der Waals surface area contributed by atoms with Gasteiger partial charge in [-0.3, -0.25) is 9.59 Å². The first kappa shape index (κ1) is 31.6. The Hall–Kier alpha value is -1.62. The summed E-state index contributed by atoms with van der Waals surface area (Å²) < 4.78 is 5.95. The van der Waals surface area contributed by atoms with E-state index in [1.54, 1.807) is 12.2 Å². The molecule has 0 amide bonds. The Morgan fingerprint density at radius 1 is 1.11 bits per heavy atom. The highest BCUT2D eigenvalue weighted by Gasteiger charge is 2.39. The van der Waals surface area contributed by atoms with Crippen molar-refractivity contribution in [2.75, 3.05) is 5.75 Å². The van der Waals surface area contributed by atoms with Crippen LogP contribution in [0.25, 0.3) is 0 Å². The van der Waals surface area contributed by atoms with E-state index in [9.17, 15) is 25.1 Å². The van der Waals surface area contributed by atoms with Crippen LogP contribution >= 0.6 is 11.8 Å². The minimum atomic E-state index is -0.844. The summed E-state index contributed by atoms with van der Waals surface area (Å²) in [5.41, 5.74) is 0.323. The molecule has 9 atom stereocenters. The van der Waals surface area contributed by atoms with Gasteiger partial charge in [-0.2, -0.15) is 5.26 Å². The van der Waals surface area contributed by atoms with E-state index < -0.39 is 24.3 Å². The average Bonchev–Trinajstić information content (AvgIpc) is 3.32. The molecule has 6 nitrogen and oxygen atoms in total. The zero-order valence-corrected chi connectivity index (χ0v) is 24.1. The molecule has 208 valence electrons. The number of hydrogen-bond acceptors (Lipinski definition) is 7. The van der Waals surface area contributed by atoms with Crippen LogP contribution in [0, 0.1) is 46.8 Å². The number of rotatable bonds is 3. The number of nitriles is 1. The first-order valence-corrected chi connectivity index (χ1v) is 15.0. The lowest BCUT2D eigenvalue weighted by Crippen LogP contribution is -2.33. The van der Waals surface area contributed by atoms with Gasteiger partial charge < -0.3 is 14.9 Å². The van der Waals surface area contributed by atoms with E-state index in [0.29, 0.717) is 23.8 Å². The fraction of sp³-hybridized carbons (Fsp3) is 0.767. The van der Waals surface area contributed by atoms with E-state index in [-0.39, 0.29) is 35.2 Å². The van der Waals surface area contributed by atoms with Gasteiger partial charge >= 0.3 is 5.97 Å². The maximum Gasteiger partial charge on any atom is 0.308 e. The largest absolute Gasteiger partial charge is 0.462 e. The third-order valence-electron chi connectivity index (χ3n) is 8.07. The van der Waals surface area contributed by atoms with Gasteiger partial charge in [0.05, 0.1) is 30.3 Å². The van der Waals surface area contributed by atoms with E-state index in [4.69, 9.17) is 4.74 Å². The molecule has 1 aliphatic heterocycles. The molecule has 2 aliphatic rings. The molecule has 0 unspecified atom stereocenters. The minimum absolute atomic E-state index is 0.0510. The Balaban J connectivity index is 2.31. The van der Waals surface area contributed by atoms with E-state index >= 15 is 0 Å². The SMILES string of the molecule is CCSC(=O)[C@@H]1CCC[C@H]1[C@@H]1C/C=C/C=C(/C#N)[C@H](O)[C@@H](C)C[C@H](C)C[C@H](C)C[C@H](C)[C@@H](O)CC(=O)O1. The quantitative estimate of drug-likeness (QED) is 0.439. The van der Waals surface area contributed by atoms with Crippen LogP contribution in [-0.4, -0.2) is 45.4 Å². The Morgan fingerprint density at radius 2 is 1.78 bits per heavy atom. The molecule has 1 heterocycles. The van der Waals surface area contributed by atoms with Gasteiger partial charge in [-0.05, 0) is 67.6 Å². The van der Waals surface area contributed by atoms with Gasteiger partial charge in [0.25, 0.3) is 0 Å². The number of aliphatic hydroxyl groups excluding tert-OH is 2. The van der Waals surface area contributed by atoms with Gasteiger partial charge in [-0.25, -0.2) is 0 Å². The second kappa shape index (κ2) is 15.7. The monoisotopic (exact) mass is 533 g/mol. The molecular weight excluding hydrogens is 486 g/mol. The van der Waals surface area contributed by atoms with Crippen molar-refractivity contribution in [1.29, 1.82) is 5.26 Å². The molecule has 0 saturated heterocycles. The van der Waals surface area contributed by atoms with Gasteiger partial charge in [0, 0.05) is 18.3 Å². The van der Waals surface area contributed by atoms with Crippen molar-refractivity contribution in [3.8, 4) is 6.07 Å². The molecule has 7 heteroatoms. The number of carbonyl (C=O) groups excluding carboxylic acids is 2. The zero-order chi connectivity index (χ0) is 27.5. The number of esters is 1. The highest BCUT2D eigenvalue weighted by Crippen LogP contribution is 2.39. The smallest absolute Gasteiger partial charge is 0.308 e. The van der Waals surface area contributed by atoms with E-state index in [2.05, 4.69) is 19.9 Å². The van der Waals surface area contributed by atoms with Crippen molar-refractivity contribution in [2.45, 2.75) is 104 Å². The predicted molar refractivity (Wildman–Crippen MR) is 148 cm³/mol. The Morgan fingerprint density at radius 3 is 2.43 bits per heavy atom. The fourth-order valence-corrected chi connectivity index (χ4v) is 6.99. The number of allylic oxidation sites excluding steroid dienone is 2. The van der Waals surface area contributed by atoms with Crippen molar-refractivity contribution < 1.29 is 24.5 Å². The number of ether oxygens (including phenoxy) is 1. The zero-order valence-electron chi connectivity index (χ0n) is 23.3. The van der Waals surface area contributed by atoms with Crippen molar-refractivity contribution >= 4 is 22.8 Å². The maximum atomic E-state index is 12.9. The fourth-order valence-electron chi connectivity index (χ4n) is 6.20. The molecule has 0 radical (unpaired) electrons. The molecule has 0 spiro atoms. The standard InChI is InChI=1S/C30H47NO5S/c1-6-37-30(35)25-12-9-11-24(25)27-13-8-7-10-23(18-31)29(34)22(5)16-20(3)14-19(2)15-21(4)26(32)17-28(33)36-27/h7-8,10,19-22,24-27,29,32,34H,6,9,11-17H2,1-5H3/b8-7+,23-10-/t19-,20+,21-,22-,24+,25+,26-,27-,29+/m0/s1. The van der Waals surface area contributed by atoms with Crippen LogP contribution in [-0.2, 0) is 14.3 Å². The van der Waals surface area contributed by atoms with Crippen molar-refractivity contribution in [1.82, 2.24) is 0 Å². The van der Waals surface area contributed by atoms with E-state index in [1.807, 2.05) is 26.8 Å². The molecule has 37 heavy (non-hydrogen) atoms. The Labute approximate surface area is 227 Å². The molecule has 1 saturated carbocycles. The highest BCUT2D eigenvalue weighted by atomic mass is 32.2. The second-order valence-corrected chi connectivity index (χ2v) is 12.7.